The highest BCUT2D eigenvalue weighted by molar-refractivity contribution is 5.84. The lowest BCUT2D eigenvalue weighted by Crippen LogP contribution is -2.32. The van der Waals surface area contributed by atoms with Crippen LogP contribution in [0.25, 0.3) is 11.2 Å². The van der Waals surface area contributed by atoms with E-state index in [0.717, 1.165) is 61.7 Å². The Bertz CT molecular complexity index is 751. The second kappa shape index (κ2) is 7.37. The summed E-state index contributed by atoms with van der Waals surface area (Å²) in [6, 6.07) is 0.239. The zero-order valence-corrected chi connectivity index (χ0v) is 15.6. The number of amides is 1. The summed E-state index contributed by atoms with van der Waals surface area (Å²) in [5.74, 6) is 2.34. The first-order valence-corrected chi connectivity index (χ1v) is 9.40. The van der Waals surface area contributed by atoms with Crippen LogP contribution in [0.2, 0.25) is 0 Å². The van der Waals surface area contributed by atoms with Gasteiger partial charge in [0.25, 0.3) is 0 Å². The van der Waals surface area contributed by atoms with Crippen LogP contribution in [-0.2, 0) is 11.3 Å². The number of likely N-dealkylation sites (tertiary alicyclic amines) is 1. The van der Waals surface area contributed by atoms with E-state index in [1.807, 2.05) is 25.7 Å². The maximum Gasteiger partial charge on any atom is 0.225 e. The lowest BCUT2D eigenvalue weighted by Gasteiger charge is -2.17. The van der Waals surface area contributed by atoms with Crippen LogP contribution in [0.3, 0.4) is 0 Å². The molecule has 25 heavy (non-hydrogen) atoms. The highest BCUT2D eigenvalue weighted by Crippen LogP contribution is 2.32. The lowest BCUT2D eigenvalue weighted by atomic mass is 10.2. The summed E-state index contributed by atoms with van der Waals surface area (Å²) in [5.41, 5.74) is 1.69. The molecule has 0 bridgehead atoms. The van der Waals surface area contributed by atoms with Crippen molar-refractivity contribution >= 4 is 22.9 Å². The SMILES string of the molecule is CC.CCn1c(C)nc2c(NC3CCN(C(=O)C4CC4)C3)ncnc21. The number of nitrogens with zero attached hydrogens (tertiary/aromatic N) is 5. The first-order chi connectivity index (χ1) is 12.2. The molecule has 1 saturated heterocycles. The fourth-order valence-corrected chi connectivity index (χ4v) is 3.39. The van der Waals surface area contributed by atoms with Gasteiger partial charge in [-0.25, -0.2) is 15.0 Å². The van der Waals surface area contributed by atoms with Crippen LogP contribution in [-0.4, -0.2) is 49.5 Å². The molecule has 136 valence electrons. The van der Waals surface area contributed by atoms with E-state index in [1.165, 1.54) is 0 Å². The maximum absolute atomic E-state index is 12.2. The standard InChI is InChI=1S/C16H22N6O.C2H6/c1-3-22-10(2)19-13-14(17-9-18-15(13)22)20-12-6-7-21(8-12)16(23)11-4-5-11;1-2/h9,11-12H,3-8H2,1-2H3,(H,17,18,20);1-2H3. The Morgan fingerprint density at radius 1 is 1.28 bits per heavy atom. The number of hydrogen-bond acceptors (Lipinski definition) is 5. The Morgan fingerprint density at radius 3 is 2.72 bits per heavy atom. The molecule has 2 aromatic heterocycles. The summed E-state index contributed by atoms with van der Waals surface area (Å²) in [6.07, 6.45) is 4.67. The molecule has 1 saturated carbocycles. The topological polar surface area (TPSA) is 75.9 Å². The normalized spacial score (nSPS) is 19.7. The van der Waals surface area contributed by atoms with Crippen LogP contribution >= 0.6 is 0 Å². The third-order valence-corrected chi connectivity index (χ3v) is 4.81. The van der Waals surface area contributed by atoms with Gasteiger partial charge in [0.05, 0.1) is 0 Å². The fraction of sp³-hybridized carbons (Fsp3) is 0.667. The number of fused-ring (bicyclic) bond motifs is 1. The van der Waals surface area contributed by atoms with Gasteiger partial charge in [-0.15, -0.1) is 0 Å². The van der Waals surface area contributed by atoms with Gasteiger partial charge in [-0.3, -0.25) is 4.79 Å². The second-order valence-corrected chi connectivity index (χ2v) is 6.49. The van der Waals surface area contributed by atoms with Crippen molar-refractivity contribution in [3.05, 3.63) is 12.2 Å². The summed E-state index contributed by atoms with van der Waals surface area (Å²) >= 11 is 0. The summed E-state index contributed by atoms with van der Waals surface area (Å²) in [7, 11) is 0. The molecule has 2 aromatic rings. The van der Waals surface area contributed by atoms with Gasteiger partial charge in [-0.05, 0) is 33.1 Å². The van der Waals surface area contributed by atoms with Gasteiger partial charge < -0.3 is 14.8 Å². The van der Waals surface area contributed by atoms with Crippen LogP contribution in [0.1, 0.15) is 45.9 Å². The molecule has 7 heteroatoms. The molecule has 0 aromatic carbocycles. The largest absolute Gasteiger partial charge is 0.364 e. The van der Waals surface area contributed by atoms with Gasteiger partial charge in [0.1, 0.15) is 12.2 Å². The maximum atomic E-state index is 12.2. The molecule has 4 rings (SSSR count). The van der Waals surface area contributed by atoms with Gasteiger partial charge >= 0.3 is 0 Å². The molecule has 2 fully saturated rings. The fourth-order valence-electron chi connectivity index (χ4n) is 3.39. The Kier molecular flexibility index (Phi) is 5.20. The minimum atomic E-state index is 0.239. The van der Waals surface area contributed by atoms with E-state index in [2.05, 4.69) is 31.8 Å². The monoisotopic (exact) mass is 344 g/mol. The van der Waals surface area contributed by atoms with Crippen molar-refractivity contribution in [2.24, 2.45) is 5.92 Å². The van der Waals surface area contributed by atoms with Gasteiger partial charge in [0, 0.05) is 31.6 Å². The van der Waals surface area contributed by atoms with Crippen molar-refractivity contribution in [1.29, 1.82) is 0 Å². The molecule has 3 heterocycles. The molecule has 1 aliphatic heterocycles. The van der Waals surface area contributed by atoms with Gasteiger partial charge in [0.15, 0.2) is 17.0 Å². The van der Waals surface area contributed by atoms with Gasteiger partial charge in [-0.2, -0.15) is 0 Å². The lowest BCUT2D eigenvalue weighted by molar-refractivity contribution is -0.131. The number of carbonyl (C=O) groups is 1. The average Bonchev–Trinajstić information content (AvgIpc) is 3.29. The minimum absolute atomic E-state index is 0.239. The summed E-state index contributed by atoms with van der Waals surface area (Å²) in [5, 5.41) is 3.47. The molecule has 1 amide bonds. The zero-order chi connectivity index (χ0) is 18.0. The molecule has 2 aliphatic rings. The predicted molar refractivity (Wildman–Crippen MR) is 98.4 cm³/mol. The summed E-state index contributed by atoms with van der Waals surface area (Å²) in [4.78, 5) is 27.5. The number of carbonyl (C=O) groups excluding carboxylic acids is 1. The number of aryl methyl sites for hydroxylation is 2. The van der Waals surface area contributed by atoms with Crippen LogP contribution < -0.4 is 5.32 Å². The molecule has 1 atom stereocenters. The first-order valence-electron chi connectivity index (χ1n) is 9.40. The molecular weight excluding hydrogens is 316 g/mol. The van der Waals surface area contributed by atoms with E-state index in [9.17, 15) is 4.79 Å². The van der Waals surface area contributed by atoms with Gasteiger partial charge in [0.2, 0.25) is 5.91 Å². The Balaban J connectivity index is 0.000000880. The number of anilines is 1. The molecular formula is C18H28N6O. The van der Waals surface area contributed by atoms with Crippen molar-refractivity contribution in [3.8, 4) is 0 Å². The van der Waals surface area contributed by atoms with Crippen LogP contribution in [0.15, 0.2) is 6.33 Å². The molecule has 1 aliphatic carbocycles. The van der Waals surface area contributed by atoms with Crippen molar-refractivity contribution in [2.45, 2.75) is 59.5 Å². The number of rotatable bonds is 4. The molecule has 0 radical (unpaired) electrons. The van der Waals surface area contributed by atoms with Crippen LogP contribution in [0.4, 0.5) is 5.82 Å². The van der Waals surface area contributed by atoms with Crippen molar-refractivity contribution in [2.75, 3.05) is 18.4 Å². The molecule has 1 unspecified atom stereocenters. The third-order valence-electron chi connectivity index (χ3n) is 4.81. The number of aromatic nitrogens is 4. The Morgan fingerprint density at radius 2 is 2.04 bits per heavy atom. The molecule has 7 nitrogen and oxygen atoms in total. The van der Waals surface area contributed by atoms with E-state index < -0.39 is 0 Å². The molecule has 0 spiro atoms. The number of imidazole rings is 1. The van der Waals surface area contributed by atoms with Crippen molar-refractivity contribution < 1.29 is 4.79 Å². The van der Waals surface area contributed by atoms with Crippen LogP contribution in [0, 0.1) is 12.8 Å². The van der Waals surface area contributed by atoms with Crippen LogP contribution in [0.5, 0.6) is 0 Å². The van der Waals surface area contributed by atoms with E-state index >= 15 is 0 Å². The first kappa shape index (κ1) is 17.6. The van der Waals surface area contributed by atoms with Gasteiger partial charge in [-0.1, -0.05) is 13.8 Å². The predicted octanol–water partition coefficient (Wildman–Crippen LogP) is 2.60. The van der Waals surface area contributed by atoms with Crippen molar-refractivity contribution in [3.63, 3.8) is 0 Å². The Labute approximate surface area is 148 Å². The van der Waals surface area contributed by atoms with E-state index in [-0.39, 0.29) is 6.04 Å². The zero-order valence-electron chi connectivity index (χ0n) is 15.6. The minimum Gasteiger partial charge on any atom is -0.364 e. The number of hydrogen-bond donors (Lipinski definition) is 1. The van der Waals surface area contributed by atoms with E-state index in [0.29, 0.717) is 11.8 Å². The van der Waals surface area contributed by atoms with E-state index in [4.69, 9.17) is 0 Å². The summed E-state index contributed by atoms with van der Waals surface area (Å²) < 4.78 is 2.08. The quantitative estimate of drug-likeness (QED) is 0.922. The second-order valence-electron chi connectivity index (χ2n) is 6.49. The Hall–Kier alpha value is -2.18. The van der Waals surface area contributed by atoms with E-state index in [1.54, 1.807) is 6.33 Å². The van der Waals surface area contributed by atoms with Crippen molar-refractivity contribution in [1.82, 2.24) is 24.4 Å². The summed E-state index contributed by atoms with van der Waals surface area (Å²) in [6.45, 7) is 10.5. The molecule has 1 N–H and O–H groups in total. The highest BCUT2D eigenvalue weighted by atomic mass is 16.2. The highest BCUT2D eigenvalue weighted by Gasteiger charge is 2.36. The third kappa shape index (κ3) is 3.45. The smallest absolute Gasteiger partial charge is 0.225 e. The average molecular weight is 344 g/mol. The number of nitrogens with one attached hydrogen (secondary N) is 1.